The number of hydrogen-bond donors (Lipinski definition) is 2. The summed E-state index contributed by atoms with van der Waals surface area (Å²) in [5.41, 5.74) is 3.96. The van der Waals surface area contributed by atoms with Crippen molar-refractivity contribution < 1.29 is 14.3 Å². The number of halogens is 1. The van der Waals surface area contributed by atoms with Crippen LogP contribution in [0, 0.1) is 0 Å². The largest absolute Gasteiger partial charge is 0.496 e. The molecule has 2 rings (SSSR count). The van der Waals surface area contributed by atoms with Crippen molar-refractivity contribution in [1.82, 2.24) is 10.7 Å². The molecule has 0 aliphatic heterocycles. The molecule has 2 amide bonds. The molecular formula is C19H18BrN3O3. The minimum Gasteiger partial charge on any atom is -0.496 e. The first-order valence-corrected chi connectivity index (χ1v) is 8.54. The number of rotatable bonds is 7. The van der Waals surface area contributed by atoms with Gasteiger partial charge in [0.1, 0.15) is 5.75 Å². The van der Waals surface area contributed by atoms with E-state index in [-0.39, 0.29) is 12.5 Å². The highest BCUT2D eigenvalue weighted by atomic mass is 79.9. The van der Waals surface area contributed by atoms with E-state index >= 15 is 0 Å². The van der Waals surface area contributed by atoms with Crippen LogP contribution < -0.4 is 15.5 Å². The number of amides is 2. The van der Waals surface area contributed by atoms with Crippen LogP contribution >= 0.6 is 15.9 Å². The van der Waals surface area contributed by atoms with E-state index in [0.717, 1.165) is 10.0 Å². The SMILES string of the molecule is COc1ccc(Br)cc1/C=N\NC(=O)CNC(=O)/C=C/c1ccccc1. The zero-order valence-corrected chi connectivity index (χ0v) is 15.7. The molecule has 7 heteroatoms. The lowest BCUT2D eigenvalue weighted by molar-refractivity contribution is -0.123. The lowest BCUT2D eigenvalue weighted by Gasteiger charge is -2.05. The Bertz CT molecular complexity index is 820. The molecule has 0 spiro atoms. The maximum Gasteiger partial charge on any atom is 0.259 e. The second-order valence-electron chi connectivity index (χ2n) is 5.14. The van der Waals surface area contributed by atoms with Crippen LogP contribution in [-0.2, 0) is 9.59 Å². The molecule has 2 aromatic rings. The Hall–Kier alpha value is -2.93. The standard InChI is InChI=1S/C19H18BrN3O3/c1-26-17-9-8-16(20)11-15(17)12-22-23-19(25)13-21-18(24)10-7-14-5-3-2-4-6-14/h2-12H,13H2,1H3,(H,21,24)(H,23,25)/b10-7+,22-12-. The molecule has 0 saturated carbocycles. The highest BCUT2D eigenvalue weighted by molar-refractivity contribution is 9.10. The smallest absolute Gasteiger partial charge is 0.259 e. The van der Waals surface area contributed by atoms with Crippen LogP contribution in [0.3, 0.4) is 0 Å². The van der Waals surface area contributed by atoms with Crippen LogP contribution in [-0.4, -0.2) is 31.7 Å². The summed E-state index contributed by atoms with van der Waals surface area (Å²) in [7, 11) is 1.55. The molecule has 0 bridgehead atoms. The van der Waals surface area contributed by atoms with Crippen molar-refractivity contribution in [1.29, 1.82) is 0 Å². The Morgan fingerprint density at radius 2 is 1.96 bits per heavy atom. The van der Waals surface area contributed by atoms with Crippen molar-refractivity contribution in [2.45, 2.75) is 0 Å². The predicted molar refractivity (Wildman–Crippen MR) is 105 cm³/mol. The van der Waals surface area contributed by atoms with Crippen molar-refractivity contribution in [3.8, 4) is 5.75 Å². The van der Waals surface area contributed by atoms with E-state index < -0.39 is 5.91 Å². The lowest BCUT2D eigenvalue weighted by Crippen LogP contribution is -2.34. The number of ether oxygens (including phenoxy) is 1. The number of methoxy groups -OCH3 is 1. The van der Waals surface area contributed by atoms with Gasteiger partial charge in [-0.2, -0.15) is 5.10 Å². The highest BCUT2D eigenvalue weighted by Gasteiger charge is 2.03. The van der Waals surface area contributed by atoms with E-state index in [1.165, 1.54) is 12.3 Å². The van der Waals surface area contributed by atoms with Crippen molar-refractivity contribution in [3.63, 3.8) is 0 Å². The molecule has 0 aliphatic rings. The van der Waals surface area contributed by atoms with Gasteiger partial charge in [0.25, 0.3) is 5.91 Å². The average Bonchev–Trinajstić information content (AvgIpc) is 2.66. The molecule has 134 valence electrons. The van der Waals surface area contributed by atoms with E-state index in [4.69, 9.17) is 4.74 Å². The molecule has 0 aliphatic carbocycles. The maximum atomic E-state index is 11.7. The molecule has 0 aromatic heterocycles. The lowest BCUT2D eigenvalue weighted by atomic mass is 10.2. The second kappa shape index (κ2) is 10.1. The van der Waals surface area contributed by atoms with Crippen LogP contribution in [0.4, 0.5) is 0 Å². The topological polar surface area (TPSA) is 79.8 Å². The quantitative estimate of drug-likeness (QED) is 0.414. The highest BCUT2D eigenvalue weighted by Crippen LogP contribution is 2.21. The van der Waals surface area contributed by atoms with Gasteiger partial charge in [-0.1, -0.05) is 46.3 Å². The van der Waals surface area contributed by atoms with E-state index in [1.54, 1.807) is 19.3 Å². The predicted octanol–water partition coefficient (Wildman–Crippen LogP) is 2.74. The van der Waals surface area contributed by atoms with Gasteiger partial charge in [-0.05, 0) is 29.8 Å². The number of carbonyl (C=O) groups is 2. The van der Waals surface area contributed by atoms with Crippen LogP contribution in [0.1, 0.15) is 11.1 Å². The molecule has 0 radical (unpaired) electrons. The molecule has 2 aromatic carbocycles. The Labute approximate surface area is 160 Å². The molecular weight excluding hydrogens is 398 g/mol. The average molecular weight is 416 g/mol. The van der Waals surface area contributed by atoms with Crippen LogP contribution in [0.15, 0.2) is 64.2 Å². The number of hydrazone groups is 1. The van der Waals surface area contributed by atoms with Gasteiger partial charge in [-0.15, -0.1) is 0 Å². The van der Waals surface area contributed by atoms with Gasteiger partial charge < -0.3 is 10.1 Å². The monoisotopic (exact) mass is 415 g/mol. The number of carbonyl (C=O) groups excluding carboxylic acids is 2. The van der Waals surface area contributed by atoms with Gasteiger partial charge in [-0.25, -0.2) is 5.43 Å². The van der Waals surface area contributed by atoms with Gasteiger partial charge in [-0.3, -0.25) is 9.59 Å². The van der Waals surface area contributed by atoms with Gasteiger partial charge in [0.2, 0.25) is 5.91 Å². The summed E-state index contributed by atoms with van der Waals surface area (Å²) < 4.78 is 6.08. The summed E-state index contributed by atoms with van der Waals surface area (Å²) in [5, 5.41) is 6.36. The van der Waals surface area contributed by atoms with Gasteiger partial charge in [0.15, 0.2) is 0 Å². The fourth-order valence-electron chi connectivity index (χ4n) is 1.98. The first-order chi connectivity index (χ1) is 12.6. The van der Waals surface area contributed by atoms with Crippen LogP contribution in [0.25, 0.3) is 6.08 Å². The Balaban J connectivity index is 1.79. The molecule has 0 saturated heterocycles. The zero-order valence-electron chi connectivity index (χ0n) is 14.1. The van der Waals surface area contributed by atoms with Crippen LogP contribution in [0.5, 0.6) is 5.75 Å². The van der Waals surface area contributed by atoms with E-state index in [2.05, 4.69) is 31.8 Å². The zero-order chi connectivity index (χ0) is 18.8. The molecule has 2 N–H and O–H groups in total. The molecule has 6 nitrogen and oxygen atoms in total. The van der Waals surface area contributed by atoms with E-state index in [0.29, 0.717) is 11.3 Å². The molecule has 26 heavy (non-hydrogen) atoms. The molecule has 0 unspecified atom stereocenters. The Kier molecular flexibility index (Phi) is 7.57. The first-order valence-electron chi connectivity index (χ1n) is 7.75. The Morgan fingerprint density at radius 1 is 1.19 bits per heavy atom. The van der Waals surface area contributed by atoms with Crippen molar-refractivity contribution in [2.75, 3.05) is 13.7 Å². The van der Waals surface area contributed by atoms with Crippen LogP contribution in [0.2, 0.25) is 0 Å². The van der Waals surface area contributed by atoms with Gasteiger partial charge in [0, 0.05) is 16.1 Å². The van der Waals surface area contributed by atoms with Gasteiger partial charge >= 0.3 is 0 Å². The number of hydrogen-bond acceptors (Lipinski definition) is 4. The summed E-state index contributed by atoms with van der Waals surface area (Å²) >= 11 is 3.36. The fourth-order valence-corrected chi connectivity index (χ4v) is 2.36. The van der Waals surface area contributed by atoms with Crippen molar-refractivity contribution in [2.24, 2.45) is 5.10 Å². The second-order valence-corrected chi connectivity index (χ2v) is 6.06. The summed E-state index contributed by atoms with van der Waals surface area (Å²) in [4.78, 5) is 23.4. The van der Waals surface area contributed by atoms with E-state index in [1.807, 2.05) is 42.5 Å². The Morgan fingerprint density at radius 3 is 2.69 bits per heavy atom. The minimum absolute atomic E-state index is 0.176. The number of nitrogens with one attached hydrogen (secondary N) is 2. The summed E-state index contributed by atoms with van der Waals surface area (Å²) in [6.07, 6.45) is 4.52. The fraction of sp³-hybridized carbons (Fsp3) is 0.105. The first kappa shape index (κ1) is 19.4. The third-order valence-corrected chi connectivity index (χ3v) is 3.73. The third kappa shape index (κ3) is 6.52. The molecule has 0 fully saturated rings. The summed E-state index contributed by atoms with van der Waals surface area (Å²) in [6.45, 7) is -0.176. The minimum atomic E-state index is -0.434. The summed E-state index contributed by atoms with van der Waals surface area (Å²) in [6, 6.07) is 14.8. The molecule has 0 heterocycles. The van der Waals surface area contributed by atoms with Crippen molar-refractivity contribution in [3.05, 3.63) is 70.2 Å². The number of benzene rings is 2. The number of nitrogens with zero attached hydrogens (tertiary/aromatic N) is 1. The molecule has 0 atom stereocenters. The normalized spacial score (nSPS) is 10.8. The van der Waals surface area contributed by atoms with Crippen molar-refractivity contribution >= 4 is 40.0 Å². The third-order valence-electron chi connectivity index (χ3n) is 3.23. The van der Waals surface area contributed by atoms with E-state index in [9.17, 15) is 9.59 Å². The van der Waals surface area contributed by atoms with Gasteiger partial charge in [0.05, 0.1) is 19.9 Å². The maximum absolute atomic E-state index is 11.7. The summed E-state index contributed by atoms with van der Waals surface area (Å²) in [5.74, 6) is -0.163.